The largest absolute Gasteiger partial charge is 0.469 e. The Bertz CT molecular complexity index is 624. The number of carbonyl (C=O) groups excluding carboxylic acids is 2. The number of likely N-dealkylation sites (tertiary alicyclic amines) is 1. The highest BCUT2D eigenvalue weighted by atomic mass is 19.1. The molecule has 26 heavy (non-hydrogen) atoms. The van der Waals surface area contributed by atoms with E-state index in [1.807, 2.05) is 0 Å². The molecule has 1 amide bonds. The van der Waals surface area contributed by atoms with Crippen LogP contribution in [0.5, 0.6) is 0 Å². The summed E-state index contributed by atoms with van der Waals surface area (Å²) in [6.45, 7) is 4.50. The predicted octanol–water partition coefficient (Wildman–Crippen LogP) is 3.59. The molecular weight excluding hydrogens is 333 g/mol. The quantitative estimate of drug-likeness (QED) is 0.667. The van der Waals surface area contributed by atoms with Crippen LogP contribution in [0, 0.1) is 34.5 Å². The highest BCUT2D eigenvalue weighted by Crippen LogP contribution is 2.66. The van der Waals surface area contributed by atoms with Crippen molar-refractivity contribution in [1.29, 1.82) is 0 Å². The maximum absolute atomic E-state index is 14.5. The Morgan fingerprint density at radius 1 is 1.12 bits per heavy atom. The number of hydrogen-bond donors (Lipinski definition) is 0. The summed E-state index contributed by atoms with van der Waals surface area (Å²) in [6, 6.07) is 0.158. The number of hydrogen-bond acceptors (Lipinski definition) is 3. The van der Waals surface area contributed by atoms with Gasteiger partial charge in [0.25, 0.3) is 5.91 Å². The zero-order valence-corrected chi connectivity index (χ0v) is 16.5. The summed E-state index contributed by atoms with van der Waals surface area (Å²) < 4.78 is 19.6. The third-order valence-electron chi connectivity index (χ3n) is 9.01. The van der Waals surface area contributed by atoms with Crippen LogP contribution >= 0.6 is 0 Å². The SMILES string of the molecule is COC(=O)[C@H]1CC[C@H]2[C@@H]3CC[C@H]4N(C)C(=O)C(F)C[C@]4(C)C3CC[C@]12C. The highest BCUT2D eigenvalue weighted by Gasteiger charge is 2.63. The topological polar surface area (TPSA) is 46.6 Å². The van der Waals surface area contributed by atoms with Gasteiger partial charge in [0.1, 0.15) is 0 Å². The molecule has 4 aliphatic rings. The molecule has 0 aromatic carbocycles. The lowest BCUT2D eigenvalue weighted by Crippen LogP contribution is -2.64. The van der Waals surface area contributed by atoms with E-state index in [1.54, 1.807) is 11.9 Å². The second kappa shape index (κ2) is 5.93. The summed E-state index contributed by atoms with van der Waals surface area (Å²) in [7, 11) is 3.28. The number of amides is 1. The summed E-state index contributed by atoms with van der Waals surface area (Å²) in [5, 5.41) is 0. The number of ether oxygens (including phenoxy) is 1. The zero-order chi connectivity index (χ0) is 18.9. The molecule has 4 rings (SSSR count). The molecule has 4 fully saturated rings. The van der Waals surface area contributed by atoms with E-state index in [-0.39, 0.29) is 34.7 Å². The average Bonchev–Trinajstić information content (AvgIpc) is 2.96. The van der Waals surface area contributed by atoms with Crippen LogP contribution in [0.1, 0.15) is 58.8 Å². The Morgan fingerprint density at radius 3 is 2.50 bits per heavy atom. The van der Waals surface area contributed by atoms with E-state index in [2.05, 4.69) is 13.8 Å². The van der Waals surface area contributed by atoms with Crippen molar-refractivity contribution in [2.45, 2.75) is 71.0 Å². The molecule has 5 heteroatoms. The second-order valence-corrected chi connectivity index (χ2v) is 9.79. The normalized spacial score (nSPS) is 50.7. The number of methoxy groups -OCH3 is 1. The minimum absolute atomic E-state index is 0.00788. The lowest BCUT2D eigenvalue weighted by atomic mass is 9.46. The van der Waals surface area contributed by atoms with Crippen LogP contribution in [-0.2, 0) is 14.3 Å². The van der Waals surface area contributed by atoms with E-state index >= 15 is 0 Å². The number of rotatable bonds is 1. The molecule has 0 spiro atoms. The smallest absolute Gasteiger partial charge is 0.309 e. The van der Waals surface area contributed by atoms with Gasteiger partial charge in [-0.05, 0) is 73.5 Å². The van der Waals surface area contributed by atoms with Gasteiger partial charge >= 0.3 is 5.97 Å². The highest BCUT2D eigenvalue weighted by molar-refractivity contribution is 5.82. The Kier molecular flexibility index (Phi) is 4.16. The Labute approximate surface area is 155 Å². The number of nitrogens with zero attached hydrogens (tertiary/aromatic N) is 1. The molecule has 0 bridgehead atoms. The summed E-state index contributed by atoms with van der Waals surface area (Å²) >= 11 is 0. The molecule has 2 unspecified atom stereocenters. The molecule has 3 saturated carbocycles. The van der Waals surface area contributed by atoms with Crippen molar-refractivity contribution in [1.82, 2.24) is 4.90 Å². The minimum atomic E-state index is -1.36. The van der Waals surface area contributed by atoms with Crippen molar-refractivity contribution in [2.24, 2.45) is 34.5 Å². The lowest BCUT2D eigenvalue weighted by molar-refractivity contribution is -0.171. The third-order valence-corrected chi connectivity index (χ3v) is 9.01. The van der Waals surface area contributed by atoms with E-state index < -0.39 is 6.17 Å². The van der Waals surface area contributed by atoms with Crippen molar-refractivity contribution in [3.05, 3.63) is 0 Å². The van der Waals surface area contributed by atoms with Gasteiger partial charge in [-0.1, -0.05) is 13.8 Å². The second-order valence-electron chi connectivity index (χ2n) is 9.79. The minimum Gasteiger partial charge on any atom is -0.469 e. The number of esters is 1. The van der Waals surface area contributed by atoms with E-state index in [0.717, 1.165) is 38.5 Å². The average molecular weight is 365 g/mol. The van der Waals surface area contributed by atoms with E-state index in [0.29, 0.717) is 24.2 Å². The van der Waals surface area contributed by atoms with Gasteiger partial charge in [-0.15, -0.1) is 0 Å². The van der Waals surface area contributed by atoms with Gasteiger partial charge in [0.2, 0.25) is 0 Å². The maximum atomic E-state index is 14.5. The van der Waals surface area contributed by atoms with Crippen LogP contribution in [-0.4, -0.2) is 43.1 Å². The third kappa shape index (κ3) is 2.24. The molecular formula is C21H32FNO3. The van der Waals surface area contributed by atoms with E-state index in [4.69, 9.17) is 4.74 Å². The van der Waals surface area contributed by atoms with Gasteiger partial charge in [-0.2, -0.15) is 0 Å². The number of carbonyl (C=O) groups is 2. The molecule has 1 saturated heterocycles. The molecule has 0 N–H and O–H groups in total. The lowest BCUT2D eigenvalue weighted by Gasteiger charge is -2.62. The fourth-order valence-electron chi connectivity index (χ4n) is 7.74. The predicted molar refractivity (Wildman–Crippen MR) is 96.0 cm³/mol. The molecule has 1 heterocycles. The summed E-state index contributed by atoms with van der Waals surface area (Å²) in [6.07, 6.45) is 5.09. The van der Waals surface area contributed by atoms with Crippen LogP contribution in [0.25, 0.3) is 0 Å². The number of halogens is 1. The van der Waals surface area contributed by atoms with Gasteiger partial charge < -0.3 is 9.64 Å². The Hall–Kier alpha value is -1.13. The first-order valence-electron chi connectivity index (χ1n) is 10.2. The summed E-state index contributed by atoms with van der Waals surface area (Å²) in [4.78, 5) is 26.2. The van der Waals surface area contributed by atoms with Crippen LogP contribution < -0.4 is 0 Å². The molecule has 1 aliphatic heterocycles. The molecule has 3 aliphatic carbocycles. The summed E-state index contributed by atoms with van der Waals surface area (Å²) in [5.41, 5.74) is -0.126. The number of piperidine rings is 1. The van der Waals surface area contributed by atoms with Gasteiger partial charge in [0.15, 0.2) is 6.17 Å². The van der Waals surface area contributed by atoms with Gasteiger partial charge in [0.05, 0.1) is 13.0 Å². The maximum Gasteiger partial charge on any atom is 0.309 e. The van der Waals surface area contributed by atoms with Crippen LogP contribution in [0.2, 0.25) is 0 Å². The zero-order valence-electron chi connectivity index (χ0n) is 16.5. The fourth-order valence-corrected chi connectivity index (χ4v) is 7.74. The number of alkyl halides is 1. The molecule has 0 aromatic heterocycles. The van der Waals surface area contributed by atoms with Crippen molar-refractivity contribution in [2.75, 3.05) is 14.2 Å². The van der Waals surface area contributed by atoms with Crippen molar-refractivity contribution in [3.8, 4) is 0 Å². The van der Waals surface area contributed by atoms with E-state index in [9.17, 15) is 14.0 Å². The van der Waals surface area contributed by atoms with Crippen molar-refractivity contribution < 1.29 is 18.7 Å². The summed E-state index contributed by atoms with van der Waals surface area (Å²) in [5.74, 6) is 1.12. The van der Waals surface area contributed by atoms with Crippen LogP contribution in [0.15, 0.2) is 0 Å². The van der Waals surface area contributed by atoms with Gasteiger partial charge in [-0.3, -0.25) is 9.59 Å². The molecule has 0 radical (unpaired) electrons. The first-order chi connectivity index (χ1) is 12.2. The number of fused-ring (bicyclic) bond motifs is 5. The van der Waals surface area contributed by atoms with Gasteiger partial charge in [0, 0.05) is 13.1 Å². The van der Waals surface area contributed by atoms with Crippen LogP contribution in [0.4, 0.5) is 4.39 Å². The fraction of sp³-hybridized carbons (Fsp3) is 0.905. The Morgan fingerprint density at radius 2 is 1.81 bits per heavy atom. The first-order valence-corrected chi connectivity index (χ1v) is 10.2. The van der Waals surface area contributed by atoms with E-state index in [1.165, 1.54) is 7.11 Å². The first kappa shape index (κ1) is 18.2. The van der Waals surface area contributed by atoms with Gasteiger partial charge in [-0.25, -0.2) is 4.39 Å². The molecule has 4 nitrogen and oxygen atoms in total. The molecule has 0 aromatic rings. The van der Waals surface area contributed by atoms with Crippen molar-refractivity contribution in [3.63, 3.8) is 0 Å². The van der Waals surface area contributed by atoms with Crippen LogP contribution in [0.3, 0.4) is 0 Å². The monoisotopic (exact) mass is 365 g/mol. The standard InChI is InChI=1S/C21H32FNO3/c1-20-10-9-14-12(13(20)6-7-15(20)19(25)26-4)5-8-17-21(14,2)11-16(22)18(24)23(17)3/h12-17H,5-11H2,1-4H3/t12-,13-,14?,15+,16?,17+,20-,21+/m0/s1. The molecule has 8 atom stereocenters. The van der Waals surface area contributed by atoms with Crippen molar-refractivity contribution >= 4 is 11.9 Å². The Balaban J connectivity index is 1.64. The molecule has 146 valence electrons.